The Morgan fingerprint density at radius 1 is 1.06 bits per heavy atom. The SMILES string of the molecule is CCCCCN(C(=O)CNC(=O)OC(C)(C)C)C(C(=O)NC(C)CCC)c1ccccc1C. The van der Waals surface area contributed by atoms with Crippen LogP contribution in [0.1, 0.15) is 90.8 Å². The molecule has 7 nitrogen and oxygen atoms in total. The second-order valence-corrected chi connectivity index (χ2v) is 9.61. The van der Waals surface area contributed by atoms with Crippen molar-refractivity contribution >= 4 is 17.9 Å². The summed E-state index contributed by atoms with van der Waals surface area (Å²) < 4.78 is 5.26. The fourth-order valence-corrected chi connectivity index (χ4v) is 3.66. The zero-order chi connectivity index (χ0) is 25.0. The molecular formula is C26H43N3O4. The first-order valence-corrected chi connectivity index (χ1v) is 12.1. The minimum absolute atomic E-state index is 0.00139. The number of ether oxygens (including phenoxy) is 1. The molecule has 0 radical (unpaired) electrons. The van der Waals surface area contributed by atoms with Crippen LogP contribution in [0.2, 0.25) is 0 Å². The topological polar surface area (TPSA) is 87.7 Å². The monoisotopic (exact) mass is 461 g/mol. The van der Waals surface area contributed by atoms with Gasteiger partial charge in [-0.1, -0.05) is 57.4 Å². The van der Waals surface area contributed by atoms with E-state index in [0.717, 1.165) is 43.2 Å². The summed E-state index contributed by atoms with van der Waals surface area (Å²) in [5.74, 6) is -0.518. The molecule has 1 rings (SSSR count). The van der Waals surface area contributed by atoms with Crippen molar-refractivity contribution in [2.24, 2.45) is 0 Å². The highest BCUT2D eigenvalue weighted by Crippen LogP contribution is 2.26. The zero-order valence-electron chi connectivity index (χ0n) is 21.5. The number of benzene rings is 1. The third-order valence-corrected chi connectivity index (χ3v) is 5.26. The summed E-state index contributed by atoms with van der Waals surface area (Å²) in [7, 11) is 0. The number of hydrogen-bond donors (Lipinski definition) is 2. The number of carbonyl (C=O) groups excluding carboxylic acids is 3. The molecule has 0 aliphatic carbocycles. The number of rotatable bonds is 12. The normalized spacial score (nSPS) is 13.1. The molecule has 0 saturated heterocycles. The standard InChI is InChI=1S/C26H43N3O4/c1-8-10-13-17-29(22(30)18-27-25(32)33-26(5,6)7)23(21-16-12-11-15-19(21)3)24(31)28-20(4)14-9-2/h11-12,15-16,20,23H,8-10,13-14,17-18H2,1-7H3,(H,27,32)(H,28,31). The Labute approximate surface area is 199 Å². The minimum atomic E-state index is -0.768. The first kappa shape index (κ1) is 28.5. The fourth-order valence-electron chi connectivity index (χ4n) is 3.66. The van der Waals surface area contributed by atoms with Crippen molar-refractivity contribution in [3.63, 3.8) is 0 Å². The van der Waals surface area contributed by atoms with E-state index in [1.807, 2.05) is 38.1 Å². The highest BCUT2D eigenvalue weighted by molar-refractivity contribution is 5.90. The first-order valence-electron chi connectivity index (χ1n) is 12.1. The molecular weight excluding hydrogens is 418 g/mol. The van der Waals surface area contributed by atoms with E-state index in [0.29, 0.717) is 6.54 Å². The smallest absolute Gasteiger partial charge is 0.408 e. The van der Waals surface area contributed by atoms with Crippen LogP contribution in [0.25, 0.3) is 0 Å². The third kappa shape index (κ3) is 10.3. The predicted molar refractivity (Wildman–Crippen MR) is 132 cm³/mol. The van der Waals surface area contributed by atoms with Gasteiger partial charge in [0.25, 0.3) is 0 Å². The first-order chi connectivity index (χ1) is 15.5. The molecule has 0 aliphatic heterocycles. The molecule has 186 valence electrons. The highest BCUT2D eigenvalue weighted by atomic mass is 16.6. The Kier molecular flexibility index (Phi) is 12.0. The molecule has 0 aliphatic rings. The number of carbonyl (C=O) groups is 3. The lowest BCUT2D eigenvalue weighted by atomic mass is 9.98. The Morgan fingerprint density at radius 2 is 1.73 bits per heavy atom. The van der Waals surface area contributed by atoms with E-state index in [9.17, 15) is 14.4 Å². The number of hydrogen-bond acceptors (Lipinski definition) is 4. The van der Waals surface area contributed by atoms with Crippen molar-refractivity contribution in [3.8, 4) is 0 Å². The van der Waals surface area contributed by atoms with E-state index in [1.54, 1.807) is 25.7 Å². The zero-order valence-corrected chi connectivity index (χ0v) is 21.5. The Morgan fingerprint density at radius 3 is 2.30 bits per heavy atom. The average Bonchev–Trinajstić information content (AvgIpc) is 2.71. The maximum atomic E-state index is 13.5. The predicted octanol–water partition coefficient (Wildman–Crippen LogP) is 4.88. The number of nitrogens with zero attached hydrogens (tertiary/aromatic N) is 1. The van der Waals surface area contributed by atoms with Gasteiger partial charge < -0.3 is 20.3 Å². The van der Waals surface area contributed by atoms with Crippen molar-refractivity contribution in [3.05, 3.63) is 35.4 Å². The van der Waals surface area contributed by atoms with Crippen molar-refractivity contribution in [2.45, 2.75) is 98.3 Å². The van der Waals surface area contributed by atoms with Gasteiger partial charge in [-0.3, -0.25) is 9.59 Å². The van der Waals surface area contributed by atoms with E-state index in [2.05, 4.69) is 24.5 Å². The fraction of sp³-hybridized carbons (Fsp3) is 0.654. The highest BCUT2D eigenvalue weighted by Gasteiger charge is 2.33. The second-order valence-electron chi connectivity index (χ2n) is 9.61. The van der Waals surface area contributed by atoms with Gasteiger partial charge in [-0.05, 0) is 58.6 Å². The van der Waals surface area contributed by atoms with E-state index < -0.39 is 17.7 Å². The molecule has 0 heterocycles. The van der Waals surface area contributed by atoms with E-state index in [4.69, 9.17) is 4.74 Å². The molecule has 0 aromatic heterocycles. The quantitative estimate of drug-likeness (QED) is 0.434. The number of aryl methyl sites for hydroxylation is 1. The van der Waals surface area contributed by atoms with Gasteiger partial charge in [-0.15, -0.1) is 0 Å². The van der Waals surface area contributed by atoms with Crippen LogP contribution in [0.3, 0.4) is 0 Å². The molecule has 33 heavy (non-hydrogen) atoms. The largest absolute Gasteiger partial charge is 0.444 e. The van der Waals surface area contributed by atoms with Crippen LogP contribution in [0.15, 0.2) is 24.3 Å². The summed E-state index contributed by atoms with van der Waals surface area (Å²) in [5, 5.41) is 5.63. The van der Waals surface area contributed by atoms with Gasteiger partial charge in [0.1, 0.15) is 18.2 Å². The van der Waals surface area contributed by atoms with Crippen molar-refractivity contribution < 1.29 is 19.1 Å². The lowest BCUT2D eigenvalue weighted by molar-refractivity contribution is -0.140. The minimum Gasteiger partial charge on any atom is -0.444 e. The molecule has 7 heteroatoms. The van der Waals surface area contributed by atoms with Gasteiger partial charge in [0.2, 0.25) is 11.8 Å². The number of nitrogens with one attached hydrogen (secondary N) is 2. The van der Waals surface area contributed by atoms with Crippen LogP contribution >= 0.6 is 0 Å². The molecule has 1 aromatic rings. The van der Waals surface area contributed by atoms with Crippen molar-refractivity contribution in [1.29, 1.82) is 0 Å². The summed E-state index contributed by atoms with van der Waals surface area (Å²) in [4.78, 5) is 40.5. The summed E-state index contributed by atoms with van der Waals surface area (Å²) in [6, 6.07) is 6.87. The summed E-state index contributed by atoms with van der Waals surface area (Å²) in [6.07, 6.45) is 3.86. The molecule has 0 saturated carbocycles. The van der Waals surface area contributed by atoms with Crippen molar-refractivity contribution in [1.82, 2.24) is 15.5 Å². The summed E-state index contributed by atoms with van der Waals surface area (Å²) >= 11 is 0. The lowest BCUT2D eigenvalue weighted by Gasteiger charge is -2.33. The molecule has 2 N–H and O–H groups in total. The van der Waals surface area contributed by atoms with Gasteiger partial charge >= 0.3 is 6.09 Å². The molecule has 2 atom stereocenters. The van der Waals surface area contributed by atoms with Crippen molar-refractivity contribution in [2.75, 3.05) is 13.1 Å². The Hall–Kier alpha value is -2.57. The van der Waals surface area contributed by atoms with Gasteiger partial charge in [-0.25, -0.2) is 4.79 Å². The Bertz CT molecular complexity index is 773. The van der Waals surface area contributed by atoms with E-state index >= 15 is 0 Å². The molecule has 1 aromatic carbocycles. The Balaban J connectivity index is 3.21. The maximum Gasteiger partial charge on any atom is 0.408 e. The van der Waals surface area contributed by atoms with Gasteiger partial charge in [0.05, 0.1) is 0 Å². The van der Waals surface area contributed by atoms with Crippen LogP contribution in [0, 0.1) is 6.92 Å². The van der Waals surface area contributed by atoms with Gasteiger partial charge in [0, 0.05) is 12.6 Å². The number of amides is 3. The van der Waals surface area contributed by atoms with Crippen LogP contribution in [-0.4, -0.2) is 47.5 Å². The lowest BCUT2D eigenvalue weighted by Crippen LogP contribution is -2.49. The average molecular weight is 462 g/mol. The molecule has 0 spiro atoms. The third-order valence-electron chi connectivity index (χ3n) is 5.26. The van der Waals surface area contributed by atoms with Crippen LogP contribution in [0.4, 0.5) is 4.79 Å². The van der Waals surface area contributed by atoms with Crippen LogP contribution in [-0.2, 0) is 14.3 Å². The van der Waals surface area contributed by atoms with Crippen LogP contribution in [0.5, 0.6) is 0 Å². The molecule has 0 fully saturated rings. The van der Waals surface area contributed by atoms with Gasteiger partial charge in [-0.2, -0.15) is 0 Å². The second kappa shape index (κ2) is 13.9. The summed E-state index contributed by atoms with van der Waals surface area (Å²) in [6.45, 7) is 13.6. The molecule has 0 bridgehead atoms. The van der Waals surface area contributed by atoms with Gasteiger partial charge in [0.15, 0.2) is 0 Å². The number of alkyl carbamates (subject to hydrolysis) is 1. The molecule has 2 unspecified atom stereocenters. The maximum absolute atomic E-state index is 13.5. The van der Waals surface area contributed by atoms with E-state index in [-0.39, 0.29) is 24.4 Å². The molecule has 3 amide bonds. The van der Waals surface area contributed by atoms with Crippen LogP contribution < -0.4 is 10.6 Å². The summed E-state index contributed by atoms with van der Waals surface area (Å²) in [5.41, 5.74) is 1.07. The number of unbranched alkanes of at least 4 members (excludes halogenated alkanes) is 2. The van der Waals surface area contributed by atoms with E-state index in [1.165, 1.54) is 0 Å².